The summed E-state index contributed by atoms with van der Waals surface area (Å²) in [7, 11) is 0. The number of aromatic nitrogens is 2. The lowest BCUT2D eigenvalue weighted by Gasteiger charge is -1.99. The molecule has 0 atom stereocenters. The molecule has 2 aromatic carbocycles. The van der Waals surface area contributed by atoms with E-state index in [0.29, 0.717) is 0 Å². The molecular formula is C17H15BrN2O. The predicted molar refractivity (Wildman–Crippen MR) is 77.4 cm³/mol. The van der Waals surface area contributed by atoms with E-state index in [4.69, 9.17) is 0 Å². The fraction of sp³-hybridized carbons (Fsp3) is 0.118. The molecule has 0 saturated heterocycles. The van der Waals surface area contributed by atoms with Crippen molar-refractivity contribution < 1.29 is 26.5 Å². The number of hydrogen-bond donors (Lipinski definition) is 0. The summed E-state index contributed by atoms with van der Waals surface area (Å²) in [4.78, 5) is 12.2. The molecule has 0 aliphatic carbocycles. The van der Waals surface area contributed by atoms with E-state index in [-0.39, 0.29) is 29.3 Å². The van der Waals surface area contributed by atoms with Crippen molar-refractivity contribution in [2.75, 3.05) is 0 Å². The summed E-state index contributed by atoms with van der Waals surface area (Å²) in [5.41, 5.74) is 1.87. The zero-order valence-corrected chi connectivity index (χ0v) is 13.2. The zero-order valence-electron chi connectivity index (χ0n) is 11.7. The highest BCUT2D eigenvalue weighted by Gasteiger charge is 2.13. The number of ketones is 1. The Morgan fingerprint density at radius 3 is 2.43 bits per heavy atom. The second-order valence-electron chi connectivity index (χ2n) is 4.89. The molecule has 0 unspecified atom stereocenters. The summed E-state index contributed by atoms with van der Waals surface area (Å²) in [6.07, 6.45) is 3.69. The SMILES string of the molecule is Cc1ccc(C(=O)C[n+]2cc3ccccc3cn2)cc1.[Br-]. The van der Waals surface area contributed by atoms with E-state index in [1.165, 1.54) is 0 Å². The number of fused-ring (bicyclic) bond motifs is 1. The Kier molecular flexibility index (Phi) is 4.81. The minimum Gasteiger partial charge on any atom is -1.00 e. The Morgan fingerprint density at radius 2 is 1.71 bits per heavy atom. The molecule has 1 heterocycles. The van der Waals surface area contributed by atoms with Gasteiger partial charge in [-0.2, -0.15) is 0 Å². The lowest BCUT2D eigenvalue weighted by Crippen LogP contribution is -3.00. The van der Waals surface area contributed by atoms with Gasteiger partial charge in [-0.15, -0.1) is 0 Å². The maximum atomic E-state index is 12.2. The quantitative estimate of drug-likeness (QED) is 0.484. The molecule has 0 spiro atoms. The largest absolute Gasteiger partial charge is 1.00 e. The predicted octanol–water partition coefficient (Wildman–Crippen LogP) is -0.282. The van der Waals surface area contributed by atoms with Gasteiger partial charge in [0.25, 0.3) is 0 Å². The average molecular weight is 343 g/mol. The molecule has 0 radical (unpaired) electrons. The number of benzene rings is 2. The average Bonchev–Trinajstić information content (AvgIpc) is 2.48. The van der Waals surface area contributed by atoms with Crippen molar-refractivity contribution >= 4 is 16.6 Å². The van der Waals surface area contributed by atoms with Crippen LogP contribution >= 0.6 is 0 Å². The van der Waals surface area contributed by atoms with Gasteiger partial charge in [0.15, 0.2) is 0 Å². The number of hydrogen-bond acceptors (Lipinski definition) is 2. The van der Waals surface area contributed by atoms with Gasteiger partial charge in [-0.05, 0) is 18.1 Å². The molecule has 3 aromatic rings. The molecule has 106 valence electrons. The number of Topliss-reactive ketones (excluding diaryl/α,β-unsaturated/α-hetero) is 1. The van der Waals surface area contributed by atoms with Gasteiger partial charge < -0.3 is 17.0 Å². The van der Waals surface area contributed by atoms with E-state index in [9.17, 15) is 4.79 Å². The van der Waals surface area contributed by atoms with Gasteiger partial charge in [-0.3, -0.25) is 4.79 Å². The maximum Gasteiger partial charge on any atom is 0.236 e. The Bertz CT molecular complexity index is 769. The van der Waals surface area contributed by atoms with Gasteiger partial charge >= 0.3 is 0 Å². The smallest absolute Gasteiger partial charge is 0.236 e. The summed E-state index contributed by atoms with van der Waals surface area (Å²) in [6, 6.07) is 15.6. The Morgan fingerprint density at radius 1 is 1.05 bits per heavy atom. The first-order chi connectivity index (χ1) is 9.72. The summed E-state index contributed by atoms with van der Waals surface area (Å²) >= 11 is 0. The number of carbonyl (C=O) groups is 1. The highest BCUT2D eigenvalue weighted by atomic mass is 79.9. The Balaban J connectivity index is 0.00000161. The summed E-state index contributed by atoms with van der Waals surface area (Å²) in [5.74, 6) is 0.0674. The third-order valence-corrected chi connectivity index (χ3v) is 3.31. The molecule has 0 N–H and O–H groups in total. The molecule has 0 aliphatic rings. The minimum atomic E-state index is 0. The summed E-state index contributed by atoms with van der Waals surface area (Å²) in [5, 5.41) is 6.44. The normalized spacial score (nSPS) is 10.1. The monoisotopic (exact) mass is 342 g/mol. The fourth-order valence-electron chi connectivity index (χ4n) is 2.14. The lowest BCUT2D eigenvalue weighted by molar-refractivity contribution is -0.740. The van der Waals surface area contributed by atoms with Gasteiger partial charge in [0, 0.05) is 16.3 Å². The van der Waals surface area contributed by atoms with Crippen LogP contribution in [-0.4, -0.2) is 10.9 Å². The second-order valence-corrected chi connectivity index (χ2v) is 4.89. The topological polar surface area (TPSA) is 33.8 Å². The van der Waals surface area contributed by atoms with Crippen molar-refractivity contribution in [1.29, 1.82) is 0 Å². The molecule has 21 heavy (non-hydrogen) atoms. The van der Waals surface area contributed by atoms with Crippen LogP contribution in [0.5, 0.6) is 0 Å². The highest BCUT2D eigenvalue weighted by molar-refractivity contribution is 5.95. The van der Waals surface area contributed by atoms with Crippen molar-refractivity contribution in [2.24, 2.45) is 0 Å². The molecule has 0 fully saturated rings. The molecule has 3 rings (SSSR count). The summed E-state index contributed by atoms with van der Waals surface area (Å²) in [6.45, 7) is 2.27. The fourth-order valence-corrected chi connectivity index (χ4v) is 2.14. The van der Waals surface area contributed by atoms with Gasteiger partial charge in [-0.25, -0.2) is 0 Å². The third kappa shape index (κ3) is 3.52. The van der Waals surface area contributed by atoms with Crippen LogP contribution in [0.4, 0.5) is 0 Å². The number of rotatable bonds is 3. The number of nitrogens with zero attached hydrogens (tertiary/aromatic N) is 2. The van der Waals surface area contributed by atoms with Crippen LogP contribution in [0.15, 0.2) is 60.9 Å². The number of carbonyl (C=O) groups excluding carboxylic acids is 1. The number of aryl methyl sites for hydroxylation is 1. The van der Waals surface area contributed by atoms with Crippen LogP contribution in [0.25, 0.3) is 10.8 Å². The van der Waals surface area contributed by atoms with Crippen LogP contribution in [0, 0.1) is 6.92 Å². The van der Waals surface area contributed by atoms with E-state index in [1.54, 1.807) is 10.9 Å². The van der Waals surface area contributed by atoms with Crippen LogP contribution in [0.1, 0.15) is 15.9 Å². The molecule has 0 saturated carbocycles. The van der Waals surface area contributed by atoms with Crippen LogP contribution in [0.3, 0.4) is 0 Å². The Labute approximate surface area is 134 Å². The van der Waals surface area contributed by atoms with Crippen molar-refractivity contribution in [3.8, 4) is 0 Å². The third-order valence-electron chi connectivity index (χ3n) is 3.31. The summed E-state index contributed by atoms with van der Waals surface area (Å²) < 4.78 is 1.69. The molecule has 0 amide bonds. The standard InChI is InChI=1S/C17H15N2O.BrH/c1-13-6-8-14(9-7-13)17(20)12-19-11-16-5-3-2-4-15(16)10-18-19;/h2-11H,12H2,1H3;1H/q+1;/p-1. The van der Waals surface area contributed by atoms with Crippen molar-refractivity contribution in [3.63, 3.8) is 0 Å². The van der Waals surface area contributed by atoms with Crippen molar-refractivity contribution in [2.45, 2.75) is 13.5 Å². The first-order valence-electron chi connectivity index (χ1n) is 6.57. The van der Waals surface area contributed by atoms with Crippen LogP contribution in [-0.2, 0) is 6.54 Å². The first-order valence-corrected chi connectivity index (χ1v) is 6.57. The molecule has 3 nitrogen and oxygen atoms in total. The van der Waals surface area contributed by atoms with Gasteiger partial charge in [0.2, 0.25) is 18.5 Å². The van der Waals surface area contributed by atoms with Gasteiger partial charge in [0.05, 0.1) is 0 Å². The van der Waals surface area contributed by atoms with E-state index in [1.807, 2.05) is 61.7 Å². The van der Waals surface area contributed by atoms with Gasteiger partial charge in [-0.1, -0.05) is 52.7 Å². The van der Waals surface area contributed by atoms with E-state index < -0.39 is 0 Å². The number of halogens is 1. The lowest BCUT2D eigenvalue weighted by atomic mass is 10.1. The second kappa shape index (κ2) is 6.59. The van der Waals surface area contributed by atoms with E-state index in [2.05, 4.69) is 5.10 Å². The Hall–Kier alpha value is -2.07. The molecular weight excluding hydrogens is 328 g/mol. The van der Waals surface area contributed by atoms with E-state index in [0.717, 1.165) is 21.9 Å². The maximum absolute atomic E-state index is 12.2. The van der Waals surface area contributed by atoms with Crippen LogP contribution < -0.4 is 21.7 Å². The molecule has 4 heteroatoms. The minimum absolute atomic E-state index is 0. The molecule has 1 aromatic heterocycles. The van der Waals surface area contributed by atoms with Crippen molar-refractivity contribution in [1.82, 2.24) is 5.10 Å². The first kappa shape index (κ1) is 15.3. The van der Waals surface area contributed by atoms with Crippen LogP contribution in [0.2, 0.25) is 0 Å². The zero-order chi connectivity index (χ0) is 13.9. The van der Waals surface area contributed by atoms with E-state index >= 15 is 0 Å². The highest BCUT2D eigenvalue weighted by Crippen LogP contribution is 2.09. The van der Waals surface area contributed by atoms with Crippen molar-refractivity contribution in [3.05, 3.63) is 72.1 Å². The van der Waals surface area contributed by atoms with Gasteiger partial charge in [0.1, 0.15) is 6.20 Å². The molecule has 0 bridgehead atoms. The molecule has 0 aliphatic heterocycles.